The van der Waals surface area contributed by atoms with Gasteiger partial charge in [0.05, 0.1) is 11.8 Å². The molecule has 1 aromatic carbocycles. The van der Waals surface area contributed by atoms with Crippen molar-refractivity contribution < 1.29 is 14.7 Å². The summed E-state index contributed by atoms with van der Waals surface area (Å²) in [6, 6.07) is 5.85. The van der Waals surface area contributed by atoms with Crippen LogP contribution in [0.3, 0.4) is 0 Å². The molecule has 0 heterocycles. The summed E-state index contributed by atoms with van der Waals surface area (Å²) in [5.74, 6) is -2.04. The van der Waals surface area contributed by atoms with Crippen LogP contribution in [0.5, 0.6) is 0 Å². The van der Waals surface area contributed by atoms with Crippen molar-refractivity contribution in [2.45, 2.75) is 20.3 Å². The number of hydrogen-bond acceptors (Lipinski definition) is 2. The number of benzene rings is 1. The van der Waals surface area contributed by atoms with Crippen molar-refractivity contribution in [3.8, 4) is 0 Å². The average molecular weight is 285 g/mol. The van der Waals surface area contributed by atoms with Gasteiger partial charge in [0, 0.05) is 5.69 Å². The van der Waals surface area contributed by atoms with Crippen LogP contribution in [0, 0.1) is 37.5 Å². The molecule has 2 aliphatic carbocycles. The molecular weight excluding hydrogens is 266 g/mol. The molecule has 0 unspecified atom stereocenters. The quantitative estimate of drug-likeness (QED) is 0.839. The van der Waals surface area contributed by atoms with Gasteiger partial charge in [-0.15, -0.1) is 0 Å². The van der Waals surface area contributed by atoms with Crippen molar-refractivity contribution in [2.75, 3.05) is 5.32 Å². The first-order chi connectivity index (χ1) is 9.95. The predicted molar refractivity (Wildman–Crippen MR) is 79.9 cm³/mol. The van der Waals surface area contributed by atoms with E-state index in [2.05, 4.69) is 5.32 Å². The minimum atomic E-state index is -0.868. The molecule has 21 heavy (non-hydrogen) atoms. The maximum absolute atomic E-state index is 12.5. The zero-order valence-electron chi connectivity index (χ0n) is 12.2. The molecule has 1 amide bonds. The summed E-state index contributed by atoms with van der Waals surface area (Å²) in [4.78, 5) is 24.0. The maximum atomic E-state index is 12.5. The highest BCUT2D eigenvalue weighted by Gasteiger charge is 2.51. The highest BCUT2D eigenvalue weighted by Crippen LogP contribution is 2.48. The summed E-state index contributed by atoms with van der Waals surface area (Å²) in [5.41, 5.74) is 2.90. The Morgan fingerprint density at radius 3 is 2.19 bits per heavy atom. The number of nitrogens with one attached hydrogen (secondary N) is 1. The molecule has 3 rings (SSSR count). The minimum Gasteiger partial charge on any atom is -0.481 e. The number of carboxylic acids is 1. The summed E-state index contributed by atoms with van der Waals surface area (Å²) in [7, 11) is 0. The van der Waals surface area contributed by atoms with E-state index in [-0.39, 0.29) is 17.7 Å². The molecule has 110 valence electrons. The Morgan fingerprint density at radius 2 is 1.62 bits per heavy atom. The Labute approximate surface area is 123 Å². The topological polar surface area (TPSA) is 66.4 Å². The van der Waals surface area contributed by atoms with E-state index in [1.54, 1.807) is 0 Å². The van der Waals surface area contributed by atoms with E-state index < -0.39 is 17.8 Å². The number of anilines is 1. The van der Waals surface area contributed by atoms with Gasteiger partial charge < -0.3 is 10.4 Å². The highest BCUT2D eigenvalue weighted by atomic mass is 16.4. The minimum absolute atomic E-state index is 0.00231. The van der Waals surface area contributed by atoms with Gasteiger partial charge in [-0.2, -0.15) is 0 Å². The van der Waals surface area contributed by atoms with Gasteiger partial charge in [-0.25, -0.2) is 0 Å². The molecule has 4 atom stereocenters. The summed E-state index contributed by atoms with van der Waals surface area (Å²) in [6.45, 7) is 3.95. The van der Waals surface area contributed by atoms with E-state index in [1.807, 2.05) is 44.2 Å². The first kappa shape index (κ1) is 13.9. The van der Waals surface area contributed by atoms with Gasteiger partial charge in [-0.1, -0.05) is 18.2 Å². The van der Waals surface area contributed by atoms with Crippen LogP contribution in [0.1, 0.15) is 17.5 Å². The zero-order valence-corrected chi connectivity index (χ0v) is 12.2. The van der Waals surface area contributed by atoms with Crippen molar-refractivity contribution in [1.82, 2.24) is 0 Å². The molecule has 1 aromatic rings. The second-order valence-corrected chi connectivity index (χ2v) is 6.20. The van der Waals surface area contributed by atoms with Gasteiger partial charge in [0.2, 0.25) is 5.91 Å². The van der Waals surface area contributed by atoms with E-state index in [9.17, 15) is 14.7 Å². The number of rotatable bonds is 3. The monoisotopic (exact) mass is 285 g/mol. The van der Waals surface area contributed by atoms with Gasteiger partial charge in [-0.05, 0) is 55.4 Å². The van der Waals surface area contributed by atoms with E-state index in [1.165, 1.54) is 0 Å². The lowest BCUT2D eigenvalue weighted by molar-refractivity contribution is -0.146. The number of allylic oxidation sites excluding steroid dienone is 2. The second-order valence-electron chi connectivity index (χ2n) is 6.20. The number of aryl methyl sites for hydroxylation is 2. The largest absolute Gasteiger partial charge is 0.481 e. The smallest absolute Gasteiger partial charge is 0.307 e. The Balaban J connectivity index is 1.82. The van der Waals surface area contributed by atoms with Crippen LogP contribution >= 0.6 is 0 Å². The highest BCUT2D eigenvalue weighted by molar-refractivity contribution is 5.96. The Hall–Kier alpha value is -2.10. The molecule has 0 spiro atoms. The normalized spacial score (nSPS) is 29.6. The lowest BCUT2D eigenvalue weighted by Crippen LogP contribution is -2.36. The Kier molecular flexibility index (Phi) is 3.32. The Morgan fingerprint density at radius 1 is 1.05 bits per heavy atom. The number of fused-ring (bicyclic) bond motifs is 2. The van der Waals surface area contributed by atoms with E-state index >= 15 is 0 Å². The molecule has 2 aliphatic rings. The van der Waals surface area contributed by atoms with Crippen LogP contribution in [0.2, 0.25) is 0 Å². The Bertz CT molecular complexity index is 615. The fourth-order valence-corrected chi connectivity index (χ4v) is 3.79. The molecule has 2 N–H and O–H groups in total. The molecule has 0 aliphatic heterocycles. The molecular formula is C17H19NO3. The first-order valence-electron chi connectivity index (χ1n) is 7.26. The molecule has 4 heteroatoms. The van der Waals surface area contributed by atoms with Gasteiger partial charge in [-0.3, -0.25) is 9.59 Å². The maximum Gasteiger partial charge on any atom is 0.307 e. The number of hydrogen-bond donors (Lipinski definition) is 2. The molecule has 0 radical (unpaired) electrons. The number of aliphatic carboxylic acids is 1. The van der Waals surface area contributed by atoms with Crippen molar-refractivity contribution in [1.29, 1.82) is 0 Å². The summed E-state index contributed by atoms with van der Waals surface area (Å²) < 4.78 is 0. The molecule has 0 aromatic heterocycles. The van der Waals surface area contributed by atoms with Crippen LogP contribution < -0.4 is 5.32 Å². The van der Waals surface area contributed by atoms with E-state index in [0.717, 1.165) is 23.2 Å². The SMILES string of the molecule is Cc1cc(C)cc(NC(=O)[C@H]2[C@H](C(=O)O)[C@H]3C=C[C@H]2C3)c1. The molecule has 1 saturated carbocycles. The number of carbonyl (C=O) groups excluding carboxylic acids is 1. The first-order valence-corrected chi connectivity index (χ1v) is 7.26. The number of carboxylic acid groups (broad SMARTS) is 1. The van der Waals surface area contributed by atoms with Crippen LogP contribution in [-0.4, -0.2) is 17.0 Å². The van der Waals surface area contributed by atoms with E-state index in [0.29, 0.717) is 0 Å². The van der Waals surface area contributed by atoms with Gasteiger partial charge in [0.1, 0.15) is 0 Å². The third-order valence-electron chi connectivity index (χ3n) is 4.54. The number of amides is 1. The van der Waals surface area contributed by atoms with Gasteiger partial charge in [0.25, 0.3) is 0 Å². The van der Waals surface area contributed by atoms with Crippen LogP contribution in [0.25, 0.3) is 0 Å². The van der Waals surface area contributed by atoms with E-state index in [4.69, 9.17) is 0 Å². The van der Waals surface area contributed by atoms with Crippen molar-refractivity contribution in [3.63, 3.8) is 0 Å². The molecule has 1 fully saturated rings. The summed E-state index contributed by atoms with van der Waals surface area (Å²) >= 11 is 0. The van der Waals surface area contributed by atoms with Crippen molar-refractivity contribution in [3.05, 3.63) is 41.5 Å². The molecule has 4 nitrogen and oxygen atoms in total. The van der Waals surface area contributed by atoms with Crippen LogP contribution in [-0.2, 0) is 9.59 Å². The lowest BCUT2D eigenvalue weighted by Gasteiger charge is -2.24. The third-order valence-corrected chi connectivity index (χ3v) is 4.54. The van der Waals surface area contributed by atoms with Crippen molar-refractivity contribution in [2.24, 2.45) is 23.7 Å². The van der Waals surface area contributed by atoms with Gasteiger partial charge >= 0.3 is 5.97 Å². The fraction of sp³-hybridized carbons (Fsp3) is 0.412. The van der Waals surface area contributed by atoms with Crippen LogP contribution in [0.15, 0.2) is 30.4 Å². The molecule has 2 bridgehead atoms. The molecule has 0 saturated heterocycles. The summed E-state index contributed by atoms with van der Waals surface area (Å²) in [5, 5.41) is 12.3. The lowest BCUT2D eigenvalue weighted by atomic mass is 9.82. The zero-order chi connectivity index (χ0) is 15.1. The van der Waals surface area contributed by atoms with Crippen LogP contribution in [0.4, 0.5) is 5.69 Å². The fourth-order valence-electron chi connectivity index (χ4n) is 3.79. The third kappa shape index (κ3) is 2.46. The average Bonchev–Trinajstić information content (AvgIpc) is 2.96. The standard InChI is InChI=1S/C17H19NO3/c1-9-5-10(2)7-13(6-9)18-16(19)14-11-3-4-12(8-11)15(14)17(20)21/h3-7,11-12,14-15H,8H2,1-2H3,(H,18,19)(H,20,21)/t11-,12-,14+,15+/m0/s1. The number of carbonyl (C=O) groups is 2. The second kappa shape index (κ2) is 5.02. The predicted octanol–water partition coefficient (Wildman–Crippen LogP) is 2.76. The van der Waals surface area contributed by atoms with Gasteiger partial charge in [0.15, 0.2) is 0 Å². The van der Waals surface area contributed by atoms with Crippen molar-refractivity contribution >= 4 is 17.6 Å². The summed E-state index contributed by atoms with van der Waals surface area (Å²) in [6.07, 6.45) is 4.72.